The van der Waals surface area contributed by atoms with Crippen LogP contribution in [0.25, 0.3) is 0 Å². The lowest BCUT2D eigenvalue weighted by Gasteiger charge is -2.19. The number of aromatic hydroxyl groups is 2. The third-order valence-electron chi connectivity index (χ3n) is 4.73. The van der Waals surface area contributed by atoms with Gasteiger partial charge in [0, 0.05) is 6.42 Å². The fraction of sp³-hybridized carbons (Fsp3) is 0.304. The second kappa shape index (κ2) is 12.0. The molecule has 1 aliphatic rings. The summed E-state index contributed by atoms with van der Waals surface area (Å²) in [7, 11) is 0. The van der Waals surface area contributed by atoms with E-state index in [1.165, 1.54) is 12.1 Å². The van der Waals surface area contributed by atoms with E-state index < -0.39 is 18.0 Å². The number of ether oxygens (including phenoxy) is 1. The summed E-state index contributed by atoms with van der Waals surface area (Å²) in [6, 6.07) is 12.4. The van der Waals surface area contributed by atoms with Gasteiger partial charge >= 0.3 is 6.09 Å². The number of carbonyl (C=O) groups excluding carboxylic acids is 2. The summed E-state index contributed by atoms with van der Waals surface area (Å²) in [4.78, 5) is 30.7. The van der Waals surface area contributed by atoms with Crippen molar-refractivity contribution in [1.29, 1.82) is 0 Å². The number of phenolic OH excluding ortho intramolecular Hbond substituents is 2. The molecule has 0 aliphatic carbocycles. The molecule has 2 atom stereocenters. The Kier molecular flexibility index (Phi) is 8.85. The van der Waals surface area contributed by atoms with Crippen molar-refractivity contribution in [2.75, 3.05) is 12.3 Å². The highest BCUT2D eigenvalue weighted by Gasteiger charge is 2.24. The van der Waals surface area contributed by atoms with Crippen molar-refractivity contribution in [2.24, 2.45) is 0 Å². The highest BCUT2D eigenvalue weighted by molar-refractivity contribution is 8.02. The van der Waals surface area contributed by atoms with Gasteiger partial charge in [0.2, 0.25) is 5.91 Å². The molecule has 0 aromatic heterocycles. The maximum Gasteiger partial charge on any atom is 0.408 e. The molecule has 2 amide bonds. The first-order valence-corrected chi connectivity index (χ1v) is 11.4. The van der Waals surface area contributed by atoms with E-state index in [-0.39, 0.29) is 37.2 Å². The highest BCUT2D eigenvalue weighted by atomic mass is 32.2. The molecular formula is C23H27N3O6S. The molecule has 3 rings (SSSR count). The average molecular weight is 474 g/mol. The van der Waals surface area contributed by atoms with Crippen LogP contribution < -0.4 is 16.1 Å². The number of carbonyl (C=O) groups is 2. The van der Waals surface area contributed by atoms with Crippen LogP contribution in [0, 0.1) is 0 Å². The maximum atomic E-state index is 12.9. The Morgan fingerprint density at radius 1 is 1.15 bits per heavy atom. The average Bonchev–Trinajstić information content (AvgIpc) is 3.26. The smallest absolute Gasteiger partial charge is 0.408 e. The van der Waals surface area contributed by atoms with Gasteiger partial charge in [-0.2, -0.15) is 0 Å². The van der Waals surface area contributed by atoms with Crippen molar-refractivity contribution in [3.8, 4) is 11.5 Å². The third-order valence-corrected chi connectivity index (χ3v) is 5.55. The van der Waals surface area contributed by atoms with Gasteiger partial charge in [-0.1, -0.05) is 43.3 Å². The van der Waals surface area contributed by atoms with E-state index in [1.54, 1.807) is 17.8 Å². The van der Waals surface area contributed by atoms with Crippen LogP contribution in [-0.2, 0) is 27.4 Å². The molecule has 10 heteroatoms. The maximum absolute atomic E-state index is 12.9. The molecule has 176 valence electrons. The fourth-order valence-corrected chi connectivity index (χ4v) is 3.74. The van der Waals surface area contributed by atoms with E-state index in [0.717, 1.165) is 16.3 Å². The Labute approximate surface area is 196 Å². The Balaban J connectivity index is 1.61. The summed E-state index contributed by atoms with van der Waals surface area (Å²) >= 11 is 1.59. The fourth-order valence-electron chi connectivity index (χ4n) is 3.08. The molecule has 0 fully saturated rings. The zero-order valence-corrected chi connectivity index (χ0v) is 18.9. The first-order valence-electron chi connectivity index (χ1n) is 10.5. The van der Waals surface area contributed by atoms with Crippen LogP contribution in [0.2, 0.25) is 0 Å². The number of amides is 2. The summed E-state index contributed by atoms with van der Waals surface area (Å²) < 4.78 is 5.24. The lowest BCUT2D eigenvalue weighted by atomic mass is 10.0. The molecule has 9 nitrogen and oxygen atoms in total. The Morgan fingerprint density at radius 2 is 1.94 bits per heavy atom. The van der Waals surface area contributed by atoms with Gasteiger partial charge in [0.1, 0.15) is 18.8 Å². The van der Waals surface area contributed by atoms with Gasteiger partial charge in [-0.05, 0) is 35.1 Å². The standard InChI is InChI=1S/C23H27N3O6S/c1-2-33-21-12-17(32-26-21)13-24-22(29)18(10-16-8-9-19(27)20(28)11-16)25-23(30)31-14-15-6-4-3-5-7-15/h3-9,11-12,17-18,26-28H,2,10,13-14H2,1H3,(H,24,29)(H,25,30)/t17?,18-/m0/s1. The molecule has 33 heavy (non-hydrogen) atoms. The molecule has 1 heterocycles. The van der Waals surface area contributed by atoms with Gasteiger partial charge in [-0.25, -0.2) is 4.79 Å². The first kappa shape index (κ1) is 24.3. The van der Waals surface area contributed by atoms with Gasteiger partial charge in [0.15, 0.2) is 11.5 Å². The molecule has 1 aliphatic heterocycles. The van der Waals surface area contributed by atoms with Gasteiger partial charge < -0.3 is 25.6 Å². The number of phenols is 2. The van der Waals surface area contributed by atoms with Crippen LogP contribution in [0.15, 0.2) is 59.6 Å². The van der Waals surface area contributed by atoms with E-state index >= 15 is 0 Å². The Hall–Kier alpha value is -3.37. The zero-order chi connectivity index (χ0) is 23.6. The van der Waals surface area contributed by atoms with Crippen molar-refractivity contribution in [2.45, 2.75) is 32.1 Å². The van der Waals surface area contributed by atoms with Crippen LogP contribution in [0.5, 0.6) is 11.5 Å². The summed E-state index contributed by atoms with van der Waals surface area (Å²) in [6.45, 7) is 2.29. The first-order chi connectivity index (χ1) is 15.9. The van der Waals surface area contributed by atoms with E-state index in [0.29, 0.717) is 5.56 Å². The van der Waals surface area contributed by atoms with Crippen LogP contribution >= 0.6 is 11.8 Å². The minimum absolute atomic E-state index is 0.0608. The SMILES string of the molecule is CCSC1=CC(CNC(=O)[C@H](Cc2ccc(O)c(O)c2)NC(=O)OCc2ccccc2)ON1. The van der Waals surface area contributed by atoms with Crippen LogP contribution in [-0.4, -0.2) is 46.7 Å². The monoisotopic (exact) mass is 473 g/mol. The number of alkyl carbamates (subject to hydrolysis) is 1. The number of rotatable bonds is 10. The Bertz CT molecular complexity index is 985. The summed E-state index contributed by atoms with van der Waals surface area (Å²) in [5, 5.41) is 25.5. The number of hydrogen-bond donors (Lipinski definition) is 5. The molecule has 1 unspecified atom stereocenters. The van der Waals surface area contributed by atoms with E-state index in [1.807, 2.05) is 43.3 Å². The van der Waals surface area contributed by atoms with E-state index in [2.05, 4.69) is 16.1 Å². The van der Waals surface area contributed by atoms with Crippen LogP contribution in [0.3, 0.4) is 0 Å². The minimum Gasteiger partial charge on any atom is -0.504 e. The number of benzene rings is 2. The Morgan fingerprint density at radius 3 is 2.67 bits per heavy atom. The predicted octanol–water partition coefficient (Wildman–Crippen LogP) is 2.55. The zero-order valence-electron chi connectivity index (χ0n) is 18.1. The lowest BCUT2D eigenvalue weighted by Crippen LogP contribution is -2.49. The lowest BCUT2D eigenvalue weighted by molar-refractivity contribution is -0.123. The van der Waals surface area contributed by atoms with E-state index in [9.17, 15) is 19.8 Å². The van der Waals surface area contributed by atoms with Gasteiger partial charge in [-0.15, -0.1) is 11.8 Å². The number of thioether (sulfide) groups is 1. The third kappa shape index (κ3) is 7.62. The van der Waals surface area contributed by atoms with Crippen molar-refractivity contribution in [1.82, 2.24) is 16.1 Å². The van der Waals surface area contributed by atoms with Crippen molar-refractivity contribution in [3.63, 3.8) is 0 Å². The summed E-state index contributed by atoms with van der Waals surface area (Å²) in [6.07, 6.45) is 0.869. The predicted molar refractivity (Wildman–Crippen MR) is 124 cm³/mol. The normalized spacial score (nSPS) is 15.8. The van der Waals surface area contributed by atoms with E-state index in [4.69, 9.17) is 9.57 Å². The largest absolute Gasteiger partial charge is 0.504 e. The van der Waals surface area contributed by atoms with Crippen molar-refractivity contribution in [3.05, 3.63) is 70.8 Å². The van der Waals surface area contributed by atoms with Crippen molar-refractivity contribution >= 4 is 23.8 Å². The van der Waals surface area contributed by atoms with Gasteiger partial charge in [0.05, 0.1) is 11.6 Å². The molecule has 0 spiro atoms. The second-order valence-electron chi connectivity index (χ2n) is 7.25. The molecular weight excluding hydrogens is 446 g/mol. The molecule has 0 saturated carbocycles. The molecule has 5 N–H and O–H groups in total. The molecule has 0 bridgehead atoms. The number of hydroxylamine groups is 1. The summed E-state index contributed by atoms with van der Waals surface area (Å²) in [5.74, 6) is -0.131. The van der Waals surface area contributed by atoms with Gasteiger partial charge in [0.25, 0.3) is 0 Å². The topological polar surface area (TPSA) is 129 Å². The molecule has 2 aromatic carbocycles. The number of nitrogens with one attached hydrogen (secondary N) is 3. The highest BCUT2D eigenvalue weighted by Crippen LogP contribution is 2.25. The quantitative estimate of drug-likeness (QED) is 0.333. The molecule has 0 radical (unpaired) electrons. The second-order valence-corrected chi connectivity index (χ2v) is 8.56. The molecule has 2 aromatic rings. The van der Waals surface area contributed by atoms with Gasteiger partial charge in [-0.3, -0.25) is 15.1 Å². The summed E-state index contributed by atoms with van der Waals surface area (Å²) in [5.41, 5.74) is 4.17. The van der Waals surface area contributed by atoms with Crippen LogP contribution in [0.1, 0.15) is 18.1 Å². The van der Waals surface area contributed by atoms with Crippen molar-refractivity contribution < 1.29 is 29.4 Å². The number of hydrogen-bond acceptors (Lipinski definition) is 8. The minimum atomic E-state index is -0.972. The van der Waals surface area contributed by atoms with Crippen LogP contribution in [0.4, 0.5) is 4.79 Å². The molecule has 0 saturated heterocycles.